The SMILES string of the molecule is Cl.NCCC1CCCN(C(=O)C2COc3ccccc3C2)C1. The Hall–Kier alpha value is -1.26. The summed E-state index contributed by atoms with van der Waals surface area (Å²) in [6.07, 6.45) is 4.12. The smallest absolute Gasteiger partial charge is 0.229 e. The highest BCUT2D eigenvalue weighted by atomic mass is 35.5. The Morgan fingerprint density at radius 2 is 2.18 bits per heavy atom. The number of halogens is 1. The third-order valence-corrected chi connectivity index (χ3v) is 4.63. The minimum atomic E-state index is -0.0310. The van der Waals surface area contributed by atoms with Crippen molar-refractivity contribution in [2.45, 2.75) is 25.7 Å². The van der Waals surface area contributed by atoms with Crippen LogP contribution in [0, 0.1) is 11.8 Å². The standard InChI is InChI=1S/C17H24N2O2.ClH/c18-8-7-13-4-3-9-19(11-13)17(20)15-10-14-5-1-2-6-16(14)21-12-15;/h1-2,5-6,13,15H,3-4,7-12,18H2;1H. The van der Waals surface area contributed by atoms with Gasteiger partial charge in [0.1, 0.15) is 12.4 Å². The summed E-state index contributed by atoms with van der Waals surface area (Å²) in [6.45, 7) is 2.98. The van der Waals surface area contributed by atoms with Crippen molar-refractivity contribution < 1.29 is 9.53 Å². The lowest BCUT2D eigenvalue weighted by molar-refractivity contribution is -0.138. The second-order valence-corrected chi connectivity index (χ2v) is 6.19. The fraction of sp³-hybridized carbons (Fsp3) is 0.588. The molecular weight excluding hydrogens is 300 g/mol. The molecular formula is C17H25ClN2O2. The number of piperidine rings is 1. The Bertz CT molecular complexity index is 507. The minimum Gasteiger partial charge on any atom is -0.492 e. The maximum atomic E-state index is 12.7. The average molecular weight is 325 g/mol. The molecule has 0 saturated carbocycles. The zero-order valence-corrected chi connectivity index (χ0v) is 13.7. The van der Waals surface area contributed by atoms with Crippen LogP contribution in [-0.2, 0) is 11.2 Å². The van der Waals surface area contributed by atoms with Crippen molar-refractivity contribution in [3.8, 4) is 5.75 Å². The van der Waals surface area contributed by atoms with Crippen LogP contribution < -0.4 is 10.5 Å². The summed E-state index contributed by atoms with van der Waals surface area (Å²) >= 11 is 0. The number of carbonyl (C=O) groups is 1. The van der Waals surface area contributed by atoms with Crippen molar-refractivity contribution >= 4 is 18.3 Å². The third-order valence-electron chi connectivity index (χ3n) is 4.63. The van der Waals surface area contributed by atoms with Gasteiger partial charge in [0, 0.05) is 13.1 Å². The van der Waals surface area contributed by atoms with Crippen LogP contribution in [-0.4, -0.2) is 37.0 Å². The van der Waals surface area contributed by atoms with Crippen LogP contribution >= 0.6 is 12.4 Å². The van der Waals surface area contributed by atoms with Crippen LogP contribution in [0.5, 0.6) is 5.75 Å². The summed E-state index contributed by atoms with van der Waals surface area (Å²) in [6, 6.07) is 8.02. The highest BCUT2D eigenvalue weighted by Crippen LogP contribution is 2.29. The second-order valence-electron chi connectivity index (χ2n) is 6.19. The Kier molecular flexibility index (Phi) is 6.09. The number of carbonyl (C=O) groups excluding carboxylic acids is 1. The van der Waals surface area contributed by atoms with Gasteiger partial charge in [0.2, 0.25) is 5.91 Å². The summed E-state index contributed by atoms with van der Waals surface area (Å²) in [5.74, 6) is 1.73. The van der Waals surface area contributed by atoms with Gasteiger partial charge in [0.25, 0.3) is 0 Å². The Labute approximate surface area is 138 Å². The van der Waals surface area contributed by atoms with E-state index in [9.17, 15) is 4.79 Å². The fourth-order valence-corrected chi connectivity index (χ4v) is 3.48. The lowest BCUT2D eigenvalue weighted by atomic mass is 9.91. The van der Waals surface area contributed by atoms with E-state index in [1.807, 2.05) is 23.1 Å². The highest BCUT2D eigenvalue weighted by molar-refractivity contribution is 5.85. The first-order valence-corrected chi connectivity index (χ1v) is 7.97. The predicted octanol–water partition coefficient (Wildman–Crippen LogP) is 2.25. The van der Waals surface area contributed by atoms with Gasteiger partial charge >= 0.3 is 0 Å². The molecule has 2 heterocycles. The van der Waals surface area contributed by atoms with Crippen molar-refractivity contribution in [2.24, 2.45) is 17.6 Å². The minimum absolute atomic E-state index is 0. The van der Waals surface area contributed by atoms with Gasteiger partial charge in [0.05, 0.1) is 5.92 Å². The first kappa shape index (κ1) is 17.1. The summed E-state index contributed by atoms with van der Waals surface area (Å²) in [7, 11) is 0. The monoisotopic (exact) mass is 324 g/mol. The first-order chi connectivity index (χ1) is 10.3. The molecule has 0 spiro atoms. The van der Waals surface area contributed by atoms with Gasteiger partial charge in [-0.15, -0.1) is 12.4 Å². The van der Waals surface area contributed by atoms with Gasteiger partial charge in [-0.2, -0.15) is 0 Å². The Balaban J connectivity index is 0.00000176. The highest BCUT2D eigenvalue weighted by Gasteiger charge is 2.31. The molecule has 3 rings (SSSR count). The molecule has 0 aromatic heterocycles. The zero-order chi connectivity index (χ0) is 14.7. The van der Waals surface area contributed by atoms with Gasteiger partial charge in [-0.05, 0) is 49.8 Å². The van der Waals surface area contributed by atoms with E-state index in [0.29, 0.717) is 19.1 Å². The van der Waals surface area contributed by atoms with E-state index in [1.165, 1.54) is 6.42 Å². The lowest BCUT2D eigenvalue weighted by Gasteiger charge is -2.36. The molecule has 1 fully saturated rings. The normalized spacial score (nSPS) is 24.0. The van der Waals surface area contributed by atoms with E-state index < -0.39 is 0 Å². The van der Waals surface area contributed by atoms with Crippen molar-refractivity contribution in [3.05, 3.63) is 29.8 Å². The lowest BCUT2D eigenvalue weighted by Crippen LogP contribution is -2.46. The number of benzene rings is 1. The van der Waals surface area contributed by atoms with E-state index in [-0.39, 0.29) is 24.2 Å². The number of hydrogen-bond acceptors (Lipinski definition) is 3. The molecule has 1 aromatic carbocycles. The van der Waals surface area contributed by atoms with Gasteiger partial charge in [0.15, 0.2) is 0 Å². The predicted molar refractivity (Wildman–Crippen MR) is 89.4 cm³/mol. The average Bonchev–Trinajstić information content (AvgIpc) is 2.54. The third kappa shape index (κ3) is 3.73. The van der Waals surface area contributed by atoms with Crippen molar-refractivity contribution in [1.29, 1.82) is 0 Å². The first-order valence-electron chi connectivity index (χ1n) is 7.97. The van der Waals surface area contributed by atoms with Crippen LogP contribution in [0.25, 0.3) is 0 Å². The van der Waals surface area contributed by atoms with Gasteiger partial charge in [-0.1, -0.05) is 18.2 Å². The molecule has 5 heteroatoms. The quantitative estimate of drug-likeness (QED) is 0.927. The summed E-state index contributed by atoms with van der Waals surface area (Å²) in [5, 5.41) is 0. The van der Waals surface area contributed by atoms with Crippen LogP contribution in [0.3, 0.4) is 0 Å². The van der Waals surface area contributed by atoms with Crippen LogP contribution in [0.15, 0.2) is 24.3 Å². The Morgan fingerprint density at radius 3 is 3.00 bits per heavy atom. The molecule has 1 amide bonds. The topological polar surface area (TPSA) is 55.6 Å². The summed E-state index contributed by atoms with van der Waals surface area (Å²) in [5.41, 5.74) is 6.80. The Morgan fingerprint density at radius 1 is 1.36 bits per heavy atom. The molecule has 0 bridgehead atoms. The molecule has 2 N–H and O–H groups in total. The van der Waals surface area contributed by atoms with Gasteiger partial charge in [-0.3, -0.25) is 4.79 Å². The molecule has 0 radical (unpaired) electrons. The maximum absolute atomic E-state index is 12.7. The number of likely N-dealkylation sites (tertiary alicyclic amines) is 1. The molecule has 22 heavy (non-hydrogen) atoms. The van der Waals surface area contributed by atoms with Gasteiger partial charge in [-0.25, -0.2) is 0 Å². The summed E-state index contributed by atoms with van der Waals surface area (Å²) < 4.78 is 5.75. The van der Waals surface area contributed by atoms with E-state index >= 15 is 0 Å². The molecule has 1 aromatic rings. The molecule has 2 aliphatic rings. The maximum Gasteiger partial charge on any atom is 0.229 e. The van der Waals surface area contributed by atoms with Crippen LogP contribution in [0.2, 0.25) is 0 Å². The van der Waals surface area contributed by atoms with Gasteiger partial charge < -0.3 is 15.4 Å². The zero-order valence-electron chi connectivity index (χ0n) is 12.9. The molecule has 0 aliphatic carbocycles. The number of hydrogen-bond donors (Lipinski definition) is 1. The molecule has 2 atom stereocenters. The molecule has 122 valence electrons. The molecule has 2 unspecified atom stereocenters. The number of nitrogens with two attached hydrogens (primary N) is 1. The van der Waals surface area contributed by atoms with E-state index in [1.54, 1.807) is 0 Å². The largest absolute Gasteiger partial charge is 0.492 e. The number of nitrogens with zero attached hydrogens (tertiary/aromatic N) is 1. The van der Waals surface area contributed by atoms with E-state index in [0.717, 1.165) is 43.7 Å². The summed E-state index contributed by atoms with van der Waals surface area (Å²) in [4.78, 5) is 14.8. The van der Waals surface area contributed by atoms with Crippen LogP contribution in [0.1, 0.15) is 24.8 Å². The molecule has 4 nitrogen and oxygen atoms in total. The molecule has 1 saturated heterocycles. The van der Waals surface area contributed by atoms with Crippen LogP contribution in [0.4, 0.5) is 0 Å². The fourth-order valence-electron chi connectivity index (χ4n) is 3.48. The number of para-hydroxylation sites is 1. The molecule has 2 aliphatic heterocycles. The number of rotatable bonds is 3. The van der Waals surface area contributed by atoms with Crippen molar-refractivity contribution in [2.75, 3.05) is 26.2 Å². The second kappa shape index (κ2) is 7.84. The van der Waals surface area contributed by atoms with E-state index in [4.69, 9.17) is 10.5 Å². The van der Waals surface area contributed by atoms with Crippen molar-refractivity contribution in [3.63, 3.8) is 0 Å². The number of ether oxygens (including phenoxy) is 1. The van der Waals surface area contributed by atoms with E-state index in [2.05, 4.69) is 6.07 Å². The number of amides is 1. The number of fused-ring (bicyclic) bond motifs is 1. The van der Waals surface area contributed by atoms with Crippen molar-refractivity contribution in [1.82, 2.24) is 4.90 Å².